The van der Waals surface area contributed by atoms with Crippen LogP contribution >= 0.6 is 22.9 Å². The fourth-order valence-corrected chi connectivity index (χ4v) is 5.60. The van der Waals surface area contributed by atoms with Gasteiger partial charge in [-0.05, 0) is 48.6 Å². The number of rotatable bonds is 5. The topological polar surface area (TPSA) is 79.1 Å². The molecule has 0 spiro atoms. The monoisotopic (exact) mass is 524 g/mol. The Labute approximate surface area is 216 Å². The highest BCUT2D eigenvalue weighted by Crippen LogP contribution is 2.37. The van der Waals surface area contributed by atoms with Gasteiger partial charge in [0.1, 0.15) is 0 Å². The Hall–Kier alpha value is -3.36. The molecule has 2 aromatic carbocycles. The van der Waals surface area contributed by atoms with Crippen LogP contribution in [0.2, 0.25) is 5.02 Å². The Balaban J connectivity index is 1.69. The zero-order chi connectivity index (χ0) is 25.6. The van der Waals surface area contributed by atoms with Crippen LogP contribution in [0.4, 0.5) is 0 Å². The van der Waals surface area contributed by atoms with E-state index in [-0.39, 0.29) is 19.0 Å². The summed E-state index contributed by atoms with van der Waals surface area (Å²) in [4.78, 5) is 31.9. The van der Waals surface area contributed by atoms with Crippen LogP contribution in [0, 0.1) is 0 Å². The van der Waals surface area contributed by atoms with Gasteiger partial charge in [-0.15, -0.1) is 0 Å². The number of thiazole rings is 1. The van der Waals surface area contributed by atoms with Crippen LogP contribution in [0.3, 0.4) is 0 Å². The molecule has 1 aromatic heterocycles. The molecule has 0 saturated carbocycles. The van der Waals surface area contributed by atoms with Gasteiger partial charge in [-0.25, -0.2) is 9.79 Å². The number of halogens is 1. The van der Waals surface area contributed by atoms with Crippen molar-refractivity contribution in [2.24, 2.45) is 4.99 Å². The normalized spacial score (nSPS) is 16.8. The van der Waals surface area contributed by atoms with Gasteiger partial charge >= 0.3 is 5.97 Å². The molecule has 0 N–H and O–H groups in total. The predicted molar refractivity (Wildman–Crippen MR) is 139 cm³/mol. The van der Waals surface area contributed by atoms with Gasteiger partial charge in [0.15, 0.2) is 16.3 Å². The lowest BCUT2D eigenvalue weighted by Gasteiger charge is -2.25. The molecule has 0 aliphatic carbocycles. The number of fused-ring (bicyclic) bond motifs is 2. The van der Waals surface area contributed by atoms with Crippen molar-refractivity contribution in [3.63, 3.8) is 0 Å². The lowest BCUT2D eigenvalue weighted by atomic mass is 9.93. The summed E-state index contributed by atoms with van der Waals surface area (Å²) in [7, 11) is 0. The molecule has 5 rings (SSSR count). The zero-order valence-electron chi connectivity index (χ0n) is 20.3. The molecule has 0 amide bonds. The Bertz CT molecular complexity index is 1570. The van der Waals surface area contributed by atoms with Crippen molar-refractivity contribution in [1.29, 1.82) is 0 Å². The van der Waals surface area contributed by atoms with Gasteiger partial charge in [-0.1, -0.05) is 61.1 Å². The maximum Gasteiger partial charge on any atom is 0.338 e. The minimum Gasteiger partial charge on any atom is -0.463 e. The number of benzene rings is 2. The summed E-state index contributed by atoms with van der Waals surface area (Å²) >= 11 is 7.71. The van der Waals surface area contributed by atoms with Crippen molar-refractivity contribution in [1.82, 2.24) is 4.57 Å². The molecule has 186 valence electrons. The summed E-state index contributed by atoms with van der Waals surface area (Å²) in [5, 5.41) is 0.439. The Kier molecular flexibility index (Phi) is 6.49. The van der Waals surface area contributed by atoms with Gasteiger partial charge in [0, 0.05) is 6.07 Å². The van der Waals surface area contributed by atoms with E-state index in [0.29, 0.717) is 48.6 Å². The van der Waals surface area contributed by atoms with E-state index in [9.17, 15) is 9.59 Å². The van der Waals surface area contributed by atoms with Gasteiger partial charge in [-0.3, -0.25) is 9.36 Å². The second-order valence-corrected chi connectivity index (χ2v) is 10.3. The van der Waals surface area contributed by atoms with Crippen molar-refractivity contribution in [3.8, 4) is 11.5 Å². The predicted octanol–water partition coefficient (Wildman–Crippen LogP) is 4.30. The van der Waals surface area contributed by atoms with Crippen LogP contribution in [-0.4, -0.2) is 23.9 Å². The lowest BCUT2D eigenvalue weighted by Crippen LogP contribution is -2.39. The minimum atomic E-state index is -0.657. The van der Waals surface area contributed by atoms with Crippen molar-refractivity contribution >= 4 is 35.0 Å². The molecule has 2 aliphatic rings. The van der Waals surface area contributed by atoms with Crippen LogP contribution in [0.15, 0.2) is 57.5 Å². The standard InChI is InChI=1S/C27H25ClN2O5S/c1-5-33-26(32)23-15(4)29-27-30(24(23)17-8-6-16(7-9-17)14(2)3)25(31)22(36-27)11-18-10-20-21(12-19(18)28)35-13-34-20/h6-12,14,24H,5,13H2,1-4H3/b22-11+. The van der Waals surface area contributed by atoms with E-state index < -0.39 is 12.0 Å². The molecule has 36 heavy (non-hydrogen) atoms. The number of carbonyl (C=O) groups is 1. The Morgan fingerprint density at radius 3 is 2.61 bits per heavy atom. The van der Waals surface area contributed by atoms with E-state index in [4.69, 9.17) is 25.8 Å². The molecule has 9 heteroatoms. The summed E-state index contributed by atoms with van der Waals surface area (Å²) < 4.78 is 18.2. The van der Waals surface area contributed by atoms with Crippen molar-refractivity contribution in [3.05, 3.63) is 89.1 Å². The zero-order valence-corrected chi connectivity index (χ0v) is 21.9. The molecule has 1 unspecified atom stereocenters. The van der Waals surface area contributed by atoms with Crippen LogP contribution in [0.5, 0.6) is 11.5 Å². The molecule has 0 fully saturated rings. The third-order valence-electron chi connectivity index (χ3n) is 6.21. The molecule has 3 aromatic rings. The third kappa shape index (κ3) is 4.24. The van der Waals surface area contributed by atoms with E-state index in [2.05, 4.69) is 18.8 Å². The molecular weight excluding hydrogens is 500 g/mol. The van der Waals surface area contributed by atoms with E-state index in [1.54, 1.807) is 36.6 Å². The molecule has 1 atom stereocenters. The maximum absolute atomic E-state index is 13.8. The third-order valence-corrected chi connectivity index (χ3v) is 7.52. The SMILES string of the molecule is CCOC(=O)C1=C(C)N=c2s/c(=C/c3cc4c(cc3Cl)OCO4)c(=O)n2C1c1ccc(C(C)C)cc1. The smallest absolute Gasteiger partial charge is 0.338 e. The first-order valence-electron chi connectivity index (χ1n) is 11.7. The molecule has 7 nitrogen and oxygen atoms in total. The fourth-order valence-electron chi connectivity index (χ4n) is 4.35. The first-order chi connectivity index (χ1) is 17.3. The average Bonchev–Trinajstić information content (AvgIpc) is 3.42. The van der Waals surface area contributed by atoms with Gasteiger partial charge in [0.05, 0.1) is 33.5 Å². The van der Waals surface area contributed by atoms with Crippen LogP contribution in [-0.2, 0) is 9.53 Å². The molecule has 2 aliphatic heterocycles. The van der Waals surface area contributed by atoms with E-state index in [1.807, 2.05) is 24.3 Å². The molecule has 0 bridgehead atoms. The van der Waals surface area contributed by atoms with Crippen molar-refractivity contribution in [2.75, 3.05) is 13.4 Å². The van der Waals surface area contributed by atoms with Crippen molar-refractivity contribution < 1.29 is 19.0 Å². The number of aromatic nitrogens is 1. The number of allylic oxidation sites excluding steroid dienone is 1. The summed E-state index contributed by atoms with van der Waals surface area (Å²) in [6.45, 7) is 8.11. The van der Waals surface area contributed by atoms with Crippen LogP contribution in [0.25, 0.3) is 6.08 Å². The molecule has 0 saturated heterocycles. The molecular formula is C27H25ClN2O5S. The minimum absolute atomic E-state index is 0.128. The number of nitrogens with zero attached hydrogens (tertiary/aromatic N) is 2. The Morgan fingerprint density at radius 1 is 1.25 bits per heavy atom. The highest BCUT2D eigenvalue weighted by atomic mass is 35.5. The number of ether oxygens (including phenoxy) is 3. The fraction of sp³-hybridized carbons (Fsp3) is 0.296. The van der Waals surface area contributed by atoms with Crippen LogP contribution < -0.4 is 24.4 Å². The molecule has 3 heterocycles. The quantitative estimate of drug-likeness (QED) is 0.465. The number of hydrogen-bond acceptors (Lipinski definition) is 7. The van der Waals surface area contributed by atoms with Crippen LogP contribution in [0.1, 0.15) is 56.3 Å². The van der Waals surface area contributed by atoms with E-state index >= 15 is 0 Å². The second-order valence-electron chi connectivity index (χ2n) is 8.85. The first kappa shape index (κ1) is 24.3. The summed E-state index contributed by atoms with van der Waals surface area (Å²) in [5.41, 5.74) is 3.23. The summed E-state index contributed by atoms with van der Waals surface area (Å²) in [5.74, 6) is 1.01. The van der Waals surface area contributed by atoms with Gasteiger partial charge in [-0.2, -0.15) is 0 Å². The summed E-state index contributed by atoms with van der Waals surface area (Å²) in [6.07, 6.45) is 1.72. The summed E-state index contributed by atoms with van der Waals surface area (Å²) in [6, 6.07) is 10.7. The first-order valence-corrected chi connectivity index (χ1v) is 12.9. The number of hydrogen-bond donors (Lipinski definition) is 0. The highest BCUT2D eigenvalue weighted by molar-refractivity contribution is 7.07. The number of carbonyl (C=O) groups excluding carboxylic acids is 1. The maximum atomic E-state index is 13.8. The van der Waals surface area contributed by atoms with Gasteiger partial charge < -0.3 is 14.2 Å². The van der Waals surface area contributed by atoms with Crippen molar-refractivity contribution in [2.45, 2.75) is 39.7 Å². The molecule has 0 radical (unpaired) electrons. The number of esters is 1. The van der Waals surface area contributed by atoms with E-state index in [1.165, 1.54) is 16.9 Å². The second kappa shape index (κ2) is 9.59. The van der Waals surface area contributed by atoms with Gasteiger partial charge in [0.2, 0.25) is 6.79 Å². The van der Waals surface area contributed by atoms with E-state index in [0.717, 1.165) is 5.56 Å². The largest absolute Gasteiger partial charge is 0.463 e. The average molecular weight is 525 g/mol. The Morgan fingerprint density at radius 2 is 1.94 bits per heavy atom. The highest BCUT2D eigenvalue weighted by Gasteiger charge is 2.33. The van der Waals surface area contributed by atoms with Gasteiger partial charge in [0.25, 0.3) is 5.56 Å². The lowest BCUT2D eigenvalue weighted by molar-refractivity contribution is -0.139.